The molecule has 1 fully saturated rings. The van der Waals surface area contributed by atoms with E-state index in [9.17, 15) is 4.79 Å². The summed E-state index contributed by atoms with van der Waals surface area (Å²) < 4.78 is 6.09. The van der Waals surface area contributed by atoms with Crippen LogP contribution in [0.25, 0.3) is 0 Å². The largest absolute Gasteiger partial charge is 0.488 e. The van der Waals surface area contributed by atoms with Gasteiger partial charge in [0.2, 0.25) is 5.91 Å². The van der Waals surface area contributed by atoms with Crippen LogP contribution >= 0.6 is 11.6 Å². The van der Waals surface area contributed by atoms with Crippen LogP contribution < -0.4 is 10.1 Å². The molecule has 0 aromatic heterocycles. The molecule has 1 aliphatic carbocycles. The number of rotatable bonds is 6. The number of carbonyl (C=O) groups is 1. The van der Waals surface area contributed by atoms with Crippen LogP contribution in [0.1, 0.15) is 47.9 Å². The molecule has 1 saturated carbocycles. The molecule has 1 N–H and O–H groups in total. The van der Waals surface area contributed by atoms with Crippen molar-refractivity contribution >= 4 is 23.2 Å². The lowest BCUT2D eigenvalue weighted by atomic mass is 9.78. The van der Waals surface area contributed by atoms with E-state index in [2.05, 4.69) is 17.4 Å². The van der Waals surface area contributed by atoms with Gasteiger partial charge in [0.15, 0.2) is 0 Å². The average molecular weight is 434 g/mol. The molecule has 160 valence electrons. The molecule has 1 amide bonds. The van der Waals surface area contributed by atoms with Crippen LogP contribution in [-0.4, -0.2) is 5.91 Å². The lowest BCUT2D eigenvalue weighted by molar-refractivity contribution is -0.121. The third kappa shape index (κ3) is 4.47. The number of carbonyl (C=O) groups excluding carboxylic acids is 1. The molecule has 0 heterocycles. The average Bonchev–Trinajstić information content (AvgIpc) is 3.25. The third-order valence-corrected chi connectivity index (χ3v) is 6.55. The molecule has 0 saturated heterocycles. The fourth-order valence-corrected chi connectivity index (χ4v) is 4.99. The highest BCUT2D eigenvalue weighted by atomic mass is 35.5. The van der Waals surface area contributed by atoms with Crippen molar-refractivity contribution in [3.8, 4) is 5.75 Å². The minimum absolute atomic E-state index is 0.0230. The smallest absolute Gasteiger partial charge is 0.235 e. The van der Waals surface area contributed by atoms with E-state index in [4.69, 9.17) is 16.3 Å². The van der Waals surface area contributed by atoms with Crippen molar-refractivity contribution in [1.29, 1.82) is 0 Å². The second-order valence-corrected chi connectivity index (χ2v) is 8.84. The summed E-state index contributed by atoms with van der Waals surface area (Å²) in [6, 6.07) is 21.8. The van der Waals surface area contributed by atoms with Gasteiger partial charge in [-0.1, -0.05) is 73.0 Å². The summed E-state index contributed by atoms with van der Waals surface area (Å²) in [5.41, 5.74) is 4.30. The molecule has 0 bridgehead atoms. The van der Waals surface area contributed by atoms with E-state index in [1.165, 1.54) is 0 Å². The molecule has 3 aromatic carbocycles. The minimum Gasteiger partial charge on any atom is -0.488 e. The van der Waals surface area contributed by atoms with Gasteiger partial charge in [0, 0.05) is 10.7 Å². The molecule has 3 aromatic rings. The van der Waals surface area contributed by atoms with Gasteiger partial charge in [0.1, 0.15) is 12.4 Å². The van der Waals surface area contributed by atoms with Crippen molar-refractivity contribution in [2.45, 2.75) is 51.6 Å². The predicted molar refractivity (Wildman–Crippen MR) is 127 cm³/mol. The maximum Gasteiger partial charge on any atom is 0.235 e. The number of ether oxygens (including phenoxy) is 1. The Morgan fingerprint density at radius 2 is 1.58 bits per heavy atom. The van der Waals surface area contributed by atoms with Crippen LogP contribution in [0.2, 0.25) is 5.02 Å². The van der Waals surface area contributed by atoms with E-state index in [1.807, 2.05) is 68.4 Å². The second-order valence-electron chi connectivity index (χ2n) is 8.44. The van der Waals surface area contributed by atoms with Crippen LogP contribution in [0.5, 0.6) is 5.75 Å². The number of benzene rings is 3. The van der Waals surface area contributed by atoms with E-state index >= 15 is 0 Å². The summed E-state index contributed by atoms with van der Waals surface area (Å²) >= 11 is 6.50. The van der Waals surface area contributed by atoms with E-state index in [1.54, 1.807) is 0 Å². The Labute approximate surface area is 189 Å². The number of anilines is 1. The van der Waals surface area contributed by atoms with Crippen LogP contribution in [0.3, 0.4) is 0 Å². The highest BCUT2D eigenvalue weighted by Gasteiger charge is 2.43. The van der Waals surface area contributed by atoms with Crippen molar-refractivity contribution < 1.29 is 9.53 Å². The van der Waals surface area contributed by atoms with Crippen LogP contribution in [0.15, 0.2) is 66.7 Å². The van der Waals surface area contributed by atoms with Gasteiger partial charge in [-0.15, -0.1) is 0 Å². The fraction of sp³-hybridized carbons (Fsp3) is 0.296. The first-order valence-electron chi connectivity index (χ1n) is 10.8. The second kappa shape index (κ2) is 9.15. The first-order valence-corrected chi connectivity index (χ1v) is 11.2. The highest BCUT2D eigenvalue weighted by Crippen LogP contribution is 2.44. The van der Waals surface area contributed by atoms with Gasteiger partial charge in [-0.25, -0.2) is 0 Å². The minimum atomic E-state index is -0.567. The lowest BCUT2D eigenvalue weighted by Crippen LogP contribution is -2.38. The Hall–Kier alpha value is -2.78. The third-order valence-electron chi connectivity index (χ3n) is 6.23. The topological polar surface area (TPSA) is 38.3 Å². The number of hydrogen-bond donors (Lipinski definition) is 1. The van der Waals surface area contributed by atoms with Gasteiger partial charge < -0.3 is 10.1 Å². The van der Waals surface area contributed by atoms with Crippen LogP contribution in [0, 0.1) is 13.8 Å². The zero-order valence-corrected chi connectivity index (χ0v) is 18.8. The Balaban J connectivity index is 1.55. The first-order chi connectivity index (χ1) is 15.0. The Morgan fingerprint density at radius 3 is 2.23 bits per heavy atom. The maximum absolute atomic E-state index is 13.5. The molecule has 31 heavy (non-hydrogen) atoms. The first kappa shape index (κ1) is 21.5. The van der Waals surface area contributed by atoms with Gasteiger partial charge in [0.25, 0.3) is 0 Å². The fourth-order valence-electron chi connectivity index (χ4n) is 4.68. The van der Waals surface area contributed by atoms with E-state index in [0.29, 0.717) is 11.6 Å². The van der Waals surface area contributed by atoms with Crippen molar-refractivity contribution in [2.75, 3.05) is 5.32 Å². The summed E-state index contributed by atoms with van der Waals surface area (Å²) in [5.74, 6) is 0.887. The van der Waals surface area contributed by atoms with Crippen molar-refractivity contribution in [3.05, 3.63) is 94.0 Å². The number of halogens is 1. The van der Waals surface area contributed by atoms with E-state index in [0.717, 1.165) is 59.4 Å². The molecular formula is C27H28ClNO2. The highest BCUT2D eigenvalue weighted by molar-refractivity contribution is 6.31. The Bertz CT molecular complexity index is 1050. The SMILES string of the molecule is Cc1cc(NC(=O)C2(c3ccccc3Cl)CCCC2)cc(C)c1OCc1ccccc1. The number of aryl methyl sites for hydroxylation is 2. The molecule has 0 radical (unpaired) electrons. The van der Waals surface area contributed by atoms with E-state index < -0.39 is 5.41 Å². The van der Waals surface area contributed by atoms with Crippen molar-refractivity contribution in [3.63, 3.8) is 0 Å². The number of amides is 1. The Kier molecular flexibility index (Phi) is 6.33. The van der Waals surface area contributed by atoms with Crippen molar-refractivity contribution in [1.82, 2.24) is 0 Å². The summed E-state index contributed by atoms with van der Waals surface area (Å²) in [4.78, 5) is 13.5. The molecule has 0 aliphatic heterocycles. The standard InChI is InChI=1S/C27H28ClNO2/c1-19-16-22(17-20(2)25(19)31-18-21-10-4-3-5-11-21)29-26(30)27(14-8-9-15-27)23-12-6-7-13-24(23)28/h3-7,10-13,16-17H,8-9,14-15,18H2,1-2H3,(H,29,30). The summed E-state index contributed by atoms with van der Waals surface area (Å²) in [6.45, 7) is 4.55. The molecule has 3 nitrogen and oxygen atoms in total. The molecule has 4 rings (SSSR count). The molecule has 1 aliphatic rings. The monoisotopic (exact) mass is 433 g/mol. The van der Waals surface area contributed by atoms with Gasteiger partial charge in [-0.3, -0.25) is 4.79 Å². The van der Waals surface area contributed by atoms with Crippen molar-refractivity contribution in [2.24, 2.45) is 0 Å². The molecule has 0 spiro atoms. The zero-order chi connectivity index (χ0) is 21.8. The van der Waals surface area contributed by atoms with Crippen LogP contribution in [0.4, 0.5) is 5.69 Å². The van der Waals surface area contributed by atoms with Crippen LogP contribution in [-0.2, 0) is 16.8 Å². The molecule has 4 heteroatoms. The summed E-state index contributed by atoms with van der Waals surface area (Å²) in [7, 11) is 0. The molecule has 0 atom stereocenters. The quantitative estimate of drug-likeness (QED) is 0.455. The molecule has 0 unspecified atom stereocenters. The predicted octanol–water partition coefficient (Wildman–Crippen LogP) is 6.99. The Morgan fingerprint density at radius 1 is 0.968 bits per heavy atom. The molecular weight excluding hydrogens is 406 g/mol. The van der Waals surface area contributed by atoms with Gasteiger partial charge >= 0.3 is 0 Å². The summed E-state index contributed by atoms with van der Waals surface area (Å²) in [5, 5.41) is 3.84. The van der Waals surface area contributed by atoms with E-state index in [-0.39, 0.29) is 5.91 Å². The number of hydrogen-bond acceptors (Lipinski definition) is 2. The lowest BCUT2D eigenvalue weighted by Gasteiger charge is -2.29. The summed E-state index contributed by atoms with van der Waals surface area (Å²) in [6.07, 6.45) is 3.70. The normalized spacial score (nSPS) is 14.9. The number of nitrogens with one attached hydrogen (secondary N) is 1. The van der Waals surface area contributed by atoms with Gasteiger partial charge in [-0.2, -0.15) is 0 Å². The van der Waals surface area contributed by atoms with Gasteiger partial charge in [-0.05, 0) is 67.1 Å². The zero-order valence-electron chi connectivity index (χ0n) is 18.1. The maximum atomic E-state index is 13.5. The van der Waals surface area contributed by atoms with Gasteiger partial charge in [0.05, 0.1) is 5.41 Å².